The minimum atomic E-state index is -0.542. The molecule has 2 rings (SSSR count). The lowest BCUT2D eigenvalue weighted by Crippen LogP contribution is -2.21. The van der Waals surface area contributed by atoms with Gasteiger partial charge in [0.2, 0.25) is 0 Å². The van der Waals surface area contributed by atoms with Crippen molar-refractivity contribution >= 4 is 11.4 Å². The quantitative estimate of drug-likeness (QED) is 0.621. The third-order valence-corrected chi connectivity index (χ3v) is 3.18. The molecule has 2 aromatic rings. The molecule has 0 aliphatic carbocycles. The third-order valence-electron chi connectivity index (χ3n) is 3.18. The number of nitrogens with zero attached hydrogens (tertiary/aromatic N) is 5. The average molecular weight is 285 g/mol. The van der Waals surface area contributed by atoms with E-state index in [9.17, 15) is 10.1 Å². The first-order valence-corrected chi connectivity index (χ1v) is 6.46. The topological polar surface area (TPSA) is 88.0 Å². The Hall–Kier alpha value is -2.88. The summed E-state index contributed by atoms with van der Waals surface area (Å²) in [5, 5.41) is 24.0. The van der Waals surface area contributed by atoms with Crippen LogP contribution in [0.3, 0.4) is 0 Å². The van der Waals surface area contributed by atoms with E-state index in [1.807, 2.05) is 31.1 Å². The summed E-state index contributed by atoms with van der Waals surface area (Å²) in [4.78, 5) is 12.3. The molecular weight excluding hydrogens is 270 g/mol. The highest BCUT2D eigenvalue weighted by atomic mass is 16.6. The third kappa shape index (κ3) is 3.17. The Morgan fingerprint density at radius 3 is 2.81 bits per heavy atom. The van der Waals surface area contributed by atoms with Crippen LogP contribution in [0, 0.1) is 21.4 Å². The molecule has 1 aromatic heterocycles. The molecule has 0 unspecified atom stereocenters. The number of benzene rings is 1. The highest BCUT2D eigenvalue weighted by Crippen LogP contribution is 2.25. The van der Waals surface area contributed by atoms with E-state index in [2.05, 4.69) is 5.10 Å². The zero-order valence-corrected chi connectivity index (χ0v) is 11.9. The Bertz CT molecular complexity index is 702. The fraction of sp³-hybridized carbons (Fsp3) is 0.286. The van der Waals surface area contributed by atoms with Crippen molar-refractivity contribution in [2.75, 3.05) is 11.4 Å². The van der Waals surface area contributed by atoms with Crippen molar-refractivity contribution < 1.29 is 4.92 Å². The Balaban J connectivity index is 2.30. The Morgan fingerprint density at radius 1 is 1.52 bits per heavy atom. The molecule has 0 spiro atoms. The van der Waals surface area contributed by atoms with Crippen molar-refractivity contribution in [2.24, 2.45) is 7.05 Å². The molecular formula is C14H15N5O2. The van der Waals surface area contributed by atoms with Crippen molar-refractivity contribution in [3.63, 3.8) is 0 Å². The number of nitro groups is 1. The maximum Gasteiger partial charge on any atom is 0.287 e. The number of hydrogen-bond donors (Lipinski definition) is 0. The molecule has 0 fully saturated rings. The maximum absolute atomic E-state index is 10.9. The van der Waals surface area contributed by atoms with Gasteiger partial charge in [-0.3, -0.25) is 14.8 Å². The summed E-state index contributed by atoms with van der Waals surface area (Å²) in [5.74, 6) is 0. The SMILES string of the molecule is CCN(Cc1cnn(C)c1)c1ccc([N+](=O)[O-])c(C#N)c1. The van der Waals surface area contributed by atoms with Crippen molar-refractivity contribution in [3.8, 4) is 6.07 Å². The first-order valence-electron chi connectivity index (χ1n) is 6.46. The van der Waals surface area contributed by atoms with E-state index >= 15 is 0 Å². The number of aryl methyl sites for hydroxylation is 1. The van der Waals surface area contributed by atoms with Crippen LogP contribution in [0.1, 0.15) is 18.1 Å². The summed E-state index contributed by atoms with van der Waals surface area (Å²) in [6, 6.07) is 6.47. The zero-order valence-electron chi connectivity index (χ0n) is 11.9. The molecule has 0 aliphatic heterocycles. The molecule has 1 heterocycles. The van der Waals surface area contributed by atoms with Gasteiger partial charge in [0, 0.05) is 43.7 Å². The molecule has 108 valence electrons. The molecule has 0 aliphatic rings. The predicted octanol–water partition coefficient (Wildman–Crippen LogP) is 2.23. The Morgan fingerprint density at radius 2 is 2.29 bits per heavy atom. The molecule has 0 atom stereocenters. The van der Waals surface area contributed by atoms with E-state index < -0.39 is 4.92 Å². The molecule has 7 heteroatoms. The summed E-state index contributed by atoms with van der Waals surface area (Å²) in [7, 11) is 1.85. The van der Waals surface area contributed by atoms with Crippen LogP contribution in [0.25, 0.3) is 0 Å². The van der Waals surface area contributed by atoms with Gasteiger partial charge < -0.3 is 4.90 Å². The zero-order chi connectivity index (χ0) is 15.4. The largest absolute Gasteiger partial charge is 0.367 e. The number of nitro benzene ring substituents is 1. The summed E-state index contributed by atoms with van der Waals surface area (Å²) in [6.07, 6.45) is 3.69. The molecule has 0 saturated heterocycles. The second-order valence-corrected chi connectivity index (χ2v) is 4.61. The van der Waals surface area contributed by atoms with Crippen LogP contribution in [0.2, 0.25) is 0 Å². The average Bonchev–Trinajstić information content (AvgIpc) is 2.89. The van der Waals surface area contributed by atoms with Gasteiger partial charge in [0.05, 0.1) is 11.1 Å². The van der Waals surface area contributed by atoms with Gasteiger partial charge in [0.1, 0.15) is 11.6 Å². The van der Waals surface area contributed by atoms with Crippen LogP contribution in [0.4, 0.5) is 11.4 Å². The molecule has 21 heavy (non-hydrogen) atoms. The number of anilines is 1. The lowest BCUT2D eigenvalue weighted by atomic mass is 10.1. The van der Waals surface area contributed by atoms with E-state index in [4.69, 9.17) is 5.26 Å². The number of rotatable bonds is 5. The maximum atomic E-state index is 10.9. The van der Waals surface area contributed by atoms with Gasteiger partial charge in [0.15, 0.2) is 0 Å². The molecule has 7 nitrogen and oxygen atoms in total. The van der Waals surface area contributed by atoms with Crippen LogP contribution in [-0.4, -0.2) is 21.2 Å². The first kappa shape index (κ1) is 14.5. The highest BCUT2D eigenvalue weighted by Gasteiger charge is 2.16. The first-order chi connectivity index (χ1) is 10.0. The van der Waals surface area contributed by atoms with Gasteiger partial charge in [-0.1, -0.05) is 0 Å². The summed E-state index contributed by atoms with van der Waals surface area (Å²) in [6.45, 7) is 3.34. The molecule has 0 bridgehead atoms. The van der Waals surface area contributed by atoms with Crippen LogP contribution in [-0.2, 0) is 13.6 Å². The van der Waals surface area contributed by atoms with Crippen molar-refractivity contribution in [1.29, 1.82) is 5.26 Å². The van der Waals surface area contributed by atoms with Gasteiger partial charge in [-0.25, -0.2) is 0 Å². The lowest BCUT2D eigenvalue weighted by molar-refractivity contribution is -0.385. The molecule has 1 aromatic carbocycles. The summed E-state index contributed by atoms with van der Waals surface area (Å²) in [5.41, 5.74) is 1.72. The Kier molecular flexibility index (Phi) is 4.18. The summed E-state index contributed by atoms with van der Waals surface area (Å²) < 4.78 is 1.72. The van der Waals surface area contributed by atoms with Crippen molar-refractivity contribution in [3.05, 3.63) is 51.8 Å². The smallest absolute Gasteiger partial charge is 0.287 e. The van der Waals surface area contributed by atoms with Crippen LogP contribution in [0.15, 0.2) is 30.6 Å². The second-order valence-electron chi connectivity index (χ2n) is 4.61. The van der Waals surface area contributed by atoms with E-state index in [1.54, 1.807) is 23.0 Å². The number of hydrogen-bond acceptors (Lipinski definition) is 5. The van der Waals surface area contributed by atoms with Crippen LogP contribution in [0.5, 0.6) is 0 Å². The molecule has 0 radical (unpaired) electrons. The van der Waals surface area contributed by atoms with Crippen LogP contribution >= 0.6 is 0 Å². The molecule has 0 N–H and O–H groups in total. The van der Waals surface area contributed by atoms with Gasteiger partial charge in [0.25, 0.3) is 5.69 Å². The van der Waals surface area contributed by atoms with Crippen molar-refractivity contribution in [1.82, 2.24) is 9.78 Å². The minimum Gasteiger partial charge on any atom is -0.367 e. The van der Waals surface area contributed by atoms with E-state index in [1.165, 1.54) is 6.07 Å². The van der Waals surface area contributed by atoms with Crippen LogP contribution < -0.4 is 4.90 Å². The fourth-order valence-electron chi connectivity index (χ4n) is 2.13. The lowest BCUT2D eigenvalue weighted by Gasteiger charge is -2.22. The van der Waals surface area contributed by atoms with Crippen molar-refractivity contribution in [2.45, 2.75) is 13.5 Å². The predicted molar refractivity (Wildman–Crippen MR) is 77.7 cm³/mol. The van der Waals surface area contributed by atoms with E-state index in [0.29, 0.717) is 6.54 Å². The number of nitriles is 1. The Labute approximate surface area is 122 Å². The monoisotopic (exact) mass is 285 g/mol. The van der Waals surface area contributed by atoms with Gasteiger partial charge >= 0.3 is 0 Å². The van der Waals surface area contributed by atoms with Gasteiger partial charge in [-0.05, 0) is 19.1 Å². The van der Waals surface area contributed by atoms with E-state index in [-0.39, 0.29) is 11.3 Å². The normalized spacial score (nSPS) is 10.1. The summed E-state index contributed by atoms with van der Waals surface area (Å²) >= 11 is 0. The van der Waals surface area contributed by atoms with Gasteiger partial charge in [-0.2, -0.15) is 10.4 Å². The highest BCUT2D eigenvalue weighted by molar-refractivity contribution is 5.60. The standard InChI is InChI=1S/C14H15N5O2/c1-3-18(10-11-8-16-17(2)9-11)13-4-5-14(19(20)21)12(6-13)7-15/h4-6,8-9H,3,10H2,1-2H3. The number of aromatic nitrogens is 2. The second kappa shape index (κ2) is 6.05. The fourth-order valence-corrected chi connectivity index (χ4v) is 2.13. The van der Waals surface area contributed by atoms with E-state index in [0.717, 1.165) is 17.8 Å². The molecule has 0 amide bonds. The minimum absolute atomic E-state index is 0.0714. The van der Waals surface area contributed by atoms with Gasteiger partial charge in [-0.15, -0.1) is 0 Å². The molecule has 0 saturated carbocycles.